The SMILES string of the molecule is C[C@H](NC(=O)C(N)C(C)(C)C)c1ccccn1. The standard InChI is InChI=1S/C13H21N3O/c1-9(10-7-5-6-8-15-10)16-12(17)11(14)13(2,3)4/h5-9,11H,14H2,1-4H3,(H,16,17)/t9-,11?/m0/s1. The number of carbonyl (C=O) groups is 1. The highest BCUT2D eigenvalue weighted by Crippen LogP contribution is 2.18. The Morgan fingerprint density at radius 3 is 2.53 bits per heavy atom. The molecule has 2 atom stereocenters. The summed E-state index contributed by atoms with van der Waals surface area (Å²) in [5.74, 6) is -0.143. The second-order valence-corrected chi connectivity index (χ2v) is 5.33. The zero-order valence-corrected chi connectivity index (χ0v) is 10.9. The molecule has 0 aliphatic rings. The normalized spacial score (nSPS) is 15.1. The van der Waals surface area contributed by atoms with Crippen LogP contribution < -0.4 is 11.1 Å². The van der Waals surface area contributed by atoms with Crippen molar-refractivity contribution in [2.75, 3.05) is 0 Å². The van der Waals surface area contributed by atoms with Crippen molar-refractivity contribution in [2.24, 2.45) is 11.1 Å². The van der Waals surface area contributed by atoms with Gasteiger partial charge in [0.2, 0.25) is 5.91 Å². The molecule has 4 heteroatoms. The fourth-order valence-corrected chi connectivity index (χ4v) is 1.40. The van der Waals surface area contributed by atoms with E-state index >= 15 is 0 Å². The van der Waals surface area contributed by atoms with E-state index in [9.17, 15) is 4.79 Å². The summed E-state index contributed by atoms with van der Waals surface area (Å²) in [6.07, 6.45) is 1.71. The summed E-state index contributed by atoms with van der Waals surface area (Å²) in [5, 5.41) is 2.88. The number of carbonyl (C=O) groups excluding carboxylic acids is 1. The topological polar surface area (TPSA) is 68.0 Å². The average molecular weight is 235 g/mol. The molecular weight excluding hydrogens is 214 g/mol. The first kappa shape index (κ1) is 13.6. The van der Waals surface area contributed by atoms with Crippen LogP contribution in [-0.2, 0) is 4.79 Å². The average Bonchev–Trinajstić information content (AvgIpc) is 2.27. The predicted octanol–water partition coefficient (Wildman–Crippen LogP) is 1.63. The molecule has 0 saturated heterocycles. The summed E-state index contributed by atoms with van der Waals surface area (Å²) in [6.45, 7) is 7.74. The summed E-state index contributed by atoms with van der Waals surface area (Å²) in [6, 6.07) is 4.98. The number of pyridine rings is 1. The van der Waals surface area contributed by atoms with E-state index < -0.39 is 6.04 Å². The maximum Gasteiger partial charge on any atom is 0.237 e. The van der Waals surface area contributed by atoms with Crippen molar-refractivity contribution in [2.45, 2.75) is 39.8 Å². The van der Waals surface area contributed by atoms with Crippen molar-refractivity contribution in [3.8, 4) is 0 Å². The maximum absolute atomic E-state index is 11.9. The van der Waals surface area contributed by atoms with Gasteiger partial charge in [0, 0.05) is 6.20 Å². The van der Waals surface area contributed by atoms with Gasteiger partial charge < -0.3 is 11.1 Å². The molecular formula is C13H21N3O. The highest BCUT2D eigenvalue weighted by Gasteiger charge is 2.28. The first-order chi connectivity index (χ1) is 7.82. The summed E-state index contributed by atoms with van der Waals surface area (Å²) in [5.41, 5.74) is 6.48. The summed E-state index contributed by atoms with van der Waals surface area (Å²) >= 11 is 0. The third kappa shape index (κ3) is 3.82. The molecule has 0 aliphatic heterocycles. The number of nitrogens with one attached hydrogen (secondary N) is 1. The molecule has 94 valence electrons. The van der Waals surface area contributed by atoms with Crippen molar-refractivity contribution >= 4 is 5.91 Å². The molecule has 0 aliphatic carbocycles. The molecule has 1 amide bonds. The zero-order chi connectivity index (χ0) is 13.1. The molecule has 0 radical (unpaired) electrons. The minimum absolute atomic E-state index is 0.128. The van der Waals surface area contributed by atoms with Crippen LogP contribution in [0, 0.1) is 5.41 Å². The van der Waals surface area contributed by atoms with E-state index in [1.54, 1.807) is 6.20 Å². The summed E-state index contributed by atoms with van der Waals surface area (Å²) in [7, 11) is 0. The number of amides is 1. The number of aromatic nitrogens is 1. The Labute approximate surface area is 103 Å². The van der Waals surface area contributed by atoms with Gasteiger partial charge in [-0.1, -0.05) is 26.8 Å². The first-order valence-corrected chi connectivity index (χ1v) is 5.79. The molecule has 0 bridgehead atoms. The fraction of sp³-hybridized carbons (Fsp3) is 0.538. The van der Waals surface area contributed by atoms with E-state index in [1.807, 2.05) is 45.9 Å². The Hall–Kier alpha value is -1.42. The fourth-order valence-electron chi connectivity index (χ4n) is 1.40. The molecule has 3 N–H and O–H groups in total. The molecule has 1 heterocycles. The molecule has 17 heavy (non-hydrogen) atoms. The molecule has 0 spiro atoms. The van der Waals surface area contributed by atoms with Gasteiger partial charge in [-0.15, -0.1) is 0 Å². The molecule has 4 nitrogen and oxygen atoms in total. The Kier molecular flexibility index (Phi) is 4.23. The second-order valence-electron chi connectivity index (χ2n) is 5.33. The van der Waals surface area contributed by atoms with Crippen LogP contribution in [0.5, 0.6) is 0 Å². The second kappa shape index (κ2) is 5.27. The molecule has 1 unspecified atom stereocenters. The molecule has 1 aromatic rings. The van der Waals surface area contributed by atoms with Crippen molar-refractivity contribution in [3.63, 3.8) is 0 Å². The lowest BCUT2D eigenvalue weighted by molar-refractivity contribution is -0.125. The minimum Gasteiger partial charge on any atom is -0.347 e. The van der Waals surface area contributed by atoms with Gasteiger partial charge in [-0.05, 0) is 24.5 Å². The molecule has 0 aromatic carbocycles. The van der Waals surface area contributed by atoms with Gasteiger partial charge in [0.25, 0.3) is 0 Å². The van der Waals surface area contributed by atoms with E-state index in [4.69, 9.17) is 5.73 Å². The zero-order valence-electron chi connectivity index (χ0n) is 10.9. The first-order valence-electron chi connectivity index (χ1n) is 5.79. The Balaban J connectivity index is 2.64. The van der Waals surface area contributed by atoms with Gasteiger partial charge in [0.1, 0.15) is 0 Å². The number of hydrogen-bond donors (Lipinski definition) is 2. The Morgan fingerprint density at radius 2 is 2.06 bits per heavy atom. The number of rotatable bonds is 3. The van der Waals surface area contributed by atoms with E-state index in [2.05, 4.69) is 10.3 Å². The van der Waals surface area contributed by atoms with Crippen molar-refractivity contribution in [3.05, 3.63) is 30.1 Å². The summed E-state index contributed by atoms with van der Waals surface area (Å²) in [4.78, 5) is 16.1. The highest BCUT2D eigenvalue weighted by atomic mass is 16.2. The van der Waals surface area contributed by atoms with E-state index in [1.165, 1.54) is 0 Å². The Bertz CT molecular complexity index is 370. The summed E-state index contributed by atoms with van der Waals surface area (Å²) < 4.78 is 0. The number of nitrogens with zero attached hydrogens (tertiary/aromatic N) is 1. The van der Waals surface area contributed by atoms with Gasteiger partial charge in [-0.2, -0.15) is 0 Å². The lowest BCUT2D eigenvalue weighted by atomic mass is 9.87. The van der Waals surface area contributed by atoms with Gasteiger partial charge in [0.05, 0.1) is 17.8 Å². The lowest BCUT2D eigenvalue weighted by Crippen LogP contribution is -2.49. The van der Waals surface area contributed by atoms with Crippen molar-refractivity contribution < 1.29 is 4.79 Å². The van der Waals surface area contributed by atoms with Crippen LogP contribution in [0.25, 0.3) is 0 Å². The van der Waals surface area contributed by atoms with Gasteiger partial charge in [-0.25, -0.2) is 0 Å². The van der Waals surface area contributed by atoms with Crippen LogP contribution in [0.2, 0.25) is 0 Å². The van der Waals surface area contributed by atoms with Gasteiger partial charge in [-0.3, -0.25) is 9.78 Å². The molecule has 1 aromatic heterocycles. The third-order valence-electron chi connectivity index (χ3n) is 2.71. The highest BCUT2D eigenvalue weighted by molar-refractivity contribution is 5.82. The van der Waals surface area contributed by atoms with Gasteiger partial charge >= 0.3 is 0 Å². The monoisotopic (exact) mass is 235 g/mol. The van der Waals surface area contributed by atoms with Crippen LogP contribution >= 0.6 is 0 Å². The molecule has 0 fully saturated rings. The maximum atomic E-state index is 11.9. The van der Waals surface area contributed by atoms with Crippen LogP contribution in [0.3, 0.4) is 0 Å². The Morgan fingerprint density at radius 1 is 1.41 bits per heavy atom. The van der Waals surface area contributed by atoms with E-state index in [-0.39, 0.29) is 17.4 Å². The number of nitrogens with two attached hydrogens (primary N) is 1. The lowest BCUT2D eigenvalue weighted by Gasteiger charge is -2.27. The van der Waals surface area contributed by atoms with Crippen molar-refractivity contribution in [1.29, 1.82) is 0 Å². The molecule has 1 rings (SSSR count). The molecule has 0 saturated carbocycles. The minimum atomic E-state index is -0.520. The van der Waals surface area contributed by atoms with E-state index in [0.29, 0.717) is 0 Å². The van der Waals surface area contributed by atoms with Gasteiger partial charge in [0.15, 0.2) is 0 Å². The third-order valence-corrected chi connectivity index (χ3v) is 2.71. The smallest absolute Gasteiger partial charge is 0.237 e. The van der Waals surface area contributed by atoms with Crippen molar-refractivity contribution in [1.82, 2.24) is 10.3 Å². The van der Waals surface area contributed by atoms with Crippen LogP contribution in [0.15, 0.2) is 24.4 Å². The predicted molar refractivity (Wildman–Crippen MR) is 68.2 cm³/mol. The van der Waals surface area contributed by atoms with Crippen LogP contribution in [0.1, 0.15) is 39.4 Å². The van der Waals surface area contributed by atoms with Crippen LogP contribution in [-0.4, -0.2) is 16.9 Å². The van der Waals surface area contributed by atoms with E-state index in [0.717, 1.165) is 5.69 Å². The number of hydrogen-bond acceptors (Lipinski definition) is 3. The van der Waals surface area contributed by atoms with Crippen LogP contribution in [0.4, 0.5) is 0 Å². The largest absolute Gasteiger partial charge is 0.347 e. The quantitative estimate of drug-likeness (QED) is 0.836.